The average molecular weight is 218 g/mol. The van der Waals surface area contributed by atoms with E-state index in [2.05, 4.69) is 20.6 Å². The minimum atomic E-state index is -1.15. The molecule has 0 atom stereocenters. The Bertz CT molecular complexity index is 206. The van der Waals surface area contributed by atoms with E-state index >= 15 is 0 Å². The van der Waals surface area contributed by atoms with Gasteiger partial charge in [0.15, 0.2) is 0 Å². The largest absolute Gasteiger partial charge is 0.277 e. The van der Waals surface area contributed by atoms with Crippen molar-refractivity contribution < 1.29 is 19.3 Å². The van der Waals surface area contributed by atoms with E-state index in [9.17, 15) is 9.59 Å². The van der Waals surface area contributed by atoms with Gasteiger partial charge in [0, 0.05) is 0 Å². The smallest absolute Gasteiger partial charge is 0.259 e. The van der Waals surface area contributed by atoms with Crippen LogP contribution in [0.25, 0.3) is 0 Å². The SMILES string of the molecule is CCC(CC)(C(=O)NOC)C(=O)NOC. The van der Waals surface area contributed by atoms with Crippen molar-refractivity contribution in [2.24, 2.45) is 5.41 Å². The van der Waals surface area contributed by atoms with Crippen molar-refractivity contribution >= 4 is 11.8 Å². The molecule has 2 N–H and O–H groups in total. The standard InChI is InChI=1S/C9H18N2O4/c1-5-9(6-2,7(12)10-14-3)8(13)11-15-4/h5-6H2,1-4H3,(H,10,12)(H,11,13). The molecule has 15 heavy (non-hydrogen) atoms. The molecule has 6 heteroatoms. The van der Waals surface area contributed by atoms with Crippen LogP contribution in [-0.2, 0) is 19.3 Å². The Morgan fingerprint density at radius 2 is 1.33 bits per heavy atom. The lowest BCUT2D eigenvalue weighted by atomic mass is 9.81. The third kappa shape index (κ3) is 2.90. The minimum Gasteiger partial charge on any atom is -0.277 e. The van der Waals surface area contributed by atoms with E-state index in [1.165, 1.54) is 14.2 Å². The fourth-order valence-corrected chi connectivity index (χ4v) is 1.38. The maximum atomic E-state index is 11.7. The van der Waals surface area contributed by atoms with Crippen LogP contribution in [0.2, 0.25) is 0 Å². The van der Waals surface area contributed by atoms with Crippen molar-refractivity contribution in [3.05, 3.63) is 0 Å². The van der Waals surface area contributed by atoms with E-state index < -0.39 is 17.2 Å². The molecule has 0 saturated heterocycles. The van der Waals surface area contributed by atoms with Crippen molar-refractivity contribution in [3.63, 3.8) is 0 Å². The number of carbonyl (C=O) groups excluding carboxylic acids is 2. The van der Waals surface area contributed by atoms with Gasteiger partial charge in [-0.25, -0.2) is 11.0 Å². The number of carbonyl (C=O) groups is 2. The van der Waals surface area contributed by atoms with Gasteiger partial charge in [-0.05, 0) is 12.8 Å². The van der Waals surface area contributed by atoms with Gasteiger partial charge in [-0.2, -0.15) is 0 Å². The van der Waals surface area contributed by atoms with Crippen LogP contribution in [0.15, 0.2) is 0 Å². The van der Waals surface area contributed by atoms with E-state index in [0.29, 0.717) is 12.8 Å². The van der Waals surface area contributed by atoms with Crippen LogP contribution in [0.3, 0.4) is 0 Å². The van der Waals surface area contributed by atoms with Crippen LogP contribution >= 0.6 is 0 Å². The van der Waals surface area contributed by atoms with Gasteiger partial charge in [0.05, 0.1) is 14.2 Å². The van der Waals surface area contributed by atoms with Gasteiger partial charge in [-0.1, -0.05) is 13.8 Å². The summed E-state index contributed by atoms with van der Waals surface area (Å²) in [6.07, 6.45) is 0.738. The Labute approximate surface area is 89.2 Å². The molecule has 0 rings (SSSR count). The topological polar surface area (TPSA) is 76.7 Å². The van der Waals surface area contributed by atoms with Gasteiger partial charge in [-0.15, -0.1) is 0 Å². The fraction of sp³-hybridized carbons (Fsp3) is 0.778. The summed E-state index contributed by atoms with van der Waals surface area (Å²) in [6, 6.07) is 0. The summed E-state index contributed by atoms with van der Waals surface area (Å²) in [5.74, 6) is -0.936. The van der Waals surface area contributed by atoms with E-state index in [-0.39, 0.29) is 0 Å². The van der Waals surface area contributed by atoms with Crippen LogP contribution in [0.1, 0.15) is 26.7 Å². The second-order valence-corrected chi connectivity index (χ2v) is 3.06. The highest BCUT2D eigenvalue weighted by molar-refractivity contribution is 6.04. The summed E-state index contributed by atoms with van der Waals surface area (Å²) in [6.45, 7) is 3.52. The molecule has 0 aliphatic heterocycles. The quantitative estimate of drug-likeness (QED) is 0.491. The molecule has 0 fully saturated rings. The number of hydrogen-bond donors (Lipinski definition) is 2. The average Bonchev–Trinajstić information content (AvgIpc) is 2.21. The second kappa shape index (κ2) is 6.36. The molecule has 0 aromatic rings. The predicted molar refractivity (Wildman–Crippen MR) is 53.3 cm³/mol. The lowest BCUT2D eigenvalue weighted by molar-refractivity contribution is -0.156. The minimum absolute atomic E-state index is 0.369. The Morgan fingerprint density at radius 3 is 1.53 bits per heavy atom. The first-order valence-electron chi connectivity index (χ1n) is 4.75. The molecular weight excluding hydrogens is 200 g/mol. The molecule has 0 heterocycles. The first-order chi connectivity index (χ1) is 7.08. The fourth-order valence-electron chi connectivity index (χ4n) is 1.38. The summed E-state index contributed by atoms with van der Waals surface area (Å²) in [4.78, 5) is 32.4. The first-order valence-corrected chi connectivity index (χ1v) is 4.75. The van der Waals surface area contributed by atoms with Crippen LogP contribution in [0, 0.1) is 5.41 Å². The Morgan fingerprint density at radius 1 is 1.00 bits per heavy atom. The van der Waals surface area contributed by atoms with Crippen molar-refractivity contribution in [1.82, 2.24) is 11.0 Å². The predicted octanol–water partition coefficient (Wildman–Crippen LogP) is 0.148. The highest BCUT2D eigenvalue weighted by atomic mass is 16.6. The van der Waals surface area contributed by atoms with Crippen LogP contribution in [0.5, 0.6) is 0 Å². The van der Waals surface area contributed by atoms with Gasteiger partial charge in [0.25, 0.3) is 11.8 Å². The second-order valence-electron chi connectivity index (χ2n) is 3.06. The number of nitrogens with one attached hydrogen (secondary N) is 2. The summed E-state index contributed by atoms with van der Waals surface area (Å²) in [5, 5.41) is 0. The van der Waals surface area contributed by atoms with E-state index in [0.717, 1.165) is 0 Å². The van der Waals surface area contributed by atoms with Crippen molar-refractivity contribution in [2.45, 2.75) is 26.7 Å². The summed E-state index contributed by atoms with van der Waals surface area (Å²) >= 11 is 0. The third-order valence-corrected chi connectivity index (χ3v) is 2.47. The highest BCUT2D eigenvalue weighted by Crippen LogP contribution is 2.26. The molecule has 0 aliphatic carbocycles. The van der Waals surface area contributed by atoms with E-state index in [4.69, 9.17) is 0 Å². The molecular formula is C9H18N2O4. The van der Waals surface area contributed by atoms with Crippen LogP contribution in [-0.4, -0.2) is 26.0 Å². The number of hydrogen-bond acceptors (Lipinski definition) is 4. The van der Waals surface area contributed by atoms with Gasteiger partial charge < -0.3 is 0 Å². The summed E-state index contributed by atoms with van der Waals surface area (Å²) in [7, 11) is 2.64. The molecule has 0 aliphatic rings. The van der Waals surface area contributed by atoms with Gasteiger partial charge in [-0.3, -0.25) is 19.3 Å². The first kappa shape index (κ1) is 13.9. The molecule has 0 bridgehead atoms. The van der Waals surface area contributed by atoms with Crippen molar-refractivity contribution in [3.8, 4) is 0 Å². The summed E-state index contributed by atoms with van der Waals surface area (Å²) in [5.41, 5.74) is 3.20. The van der Waals surface area contributed by atoms with Crippen LogP contribution < -0.4 is 11.0 Å². The normalized spacial score (nSPS) is 10.9. The van der Waals surface area contributed by atoms with E-state index in [1.54, 1.807) is 13.8 Å². The molecule has 2 amide bonds. The maximum Gasteiger partial charge on any atom is 0.259 e. The third-order valence-electron chi connectivity index (χ3n) is 2.47. The monoisotopic (exact) mass is 218 g/mol. The molecule has 88 valence electrons. The van der Waals surface area contributed by atoms with Crippen LogP contribution in [0.4, 0.5) is 0 Å². The molecule has 0 aromatic heterocycles. The molecule has 0 radical (unpaired) electrons. The molecule has 0 aromatic carbocycles. The Hall–Kier alpha value is -1.14. The lowest BCUT2D eigenvalue weighted by Gasteiger charge is -2.27. The van der Waals surface area contributed by atoms with Crippen molar-refractivity contribution in [2.75, 3.05) is 14.2 Å². The zero-order chi connectivity index (χ0) is 11.9. The highest BCUT2D eigenvalue weighted by Gasteiger charge is 2.43. The maximum absolute atomic E-state index is 11.7. The van der Waals surface area contributed by atoms with Gasteiger partial charge in [0.1, 0.15) is 5.41 Å². The molecule has 0 saturated carbocycles. The Balaban J connectivity index is 4.86. The van der Waals surface area contributed by atoms with E-state index in [1.807, 2.05) is 0 Å². The molecule has 0 spiro atoms. The van der Waals surface area contributed by atoms with Gasteiger partial charge >= 0.3 is 0 Å². The molecule has 0 unspecified atom stereocenters. The van der Waals surface area contributed by atoms with Crippen molar-refractivity contribution in [1.29, 1.82) is 0 Å². The Kier molecular flexibility index (Phi) is 5.88. The number of hydroxylamine groups is 2. The zero-order valence-corrected chi connectivity index (χ0v) is 9.55. The number of rotatable bonds is 6. The van der Waals surface area contributed by atoms with Gasteiger partial charge in [0.2, 0.25) is 0 Å². The number of amides is 2. The lowest BCUT2D eigenvalue weighted by Crippen LogP contribution is -2.50. The summed E-state index contributed by atoms with van der Waals surface area (Å²) < 4.78 is 0. The molecule has 6 nitrogen and oxygen atoms in total. The zero-order valence-electron chi connectivity index (χ0n) is 9.55.